The highest BCUT2D eigenvalue weighted by molar-refractivity contribution is 7.59. The maximum Gasteiger partial charge on any atom is 0.242 e. The zero-order valence-corrected chi connectivity index (χ0v) is 11.2. The molecule has 0 saturated carbocycles. The predicted octanol–water partition coefficient (Wildman–Crippen LogP) is 1.09. The maximum atomic E-state index is 11.8. The molecule has 0 rings (SSSR count). The van der Waals surface area contributed by atoms with Gasteiger partial charge >= 0.3 is 0 Å². The number of carbonyl (C=O) groups is 1. The van der Waals surface area contributed by atoms with Crippen LogP contribution in [-0.4, -0.2) is 40.1 Å². The Bertz CT molecular complexity index is 188. The van der Waals surface area contributed by atoms with Gasteiger partial charge in [0, 0.05) is 12.1 Å². The van der Waals surface area contributed by atoms with Crippen LogP contribution in [0, 0.1) is 0 Å². The van der Waals surface area contributed by atoms with Crippen molar-refractivity contribution in [2.75, 3.05) is 0 Å². The van der Waals surface area contributed by atoms with Gasteiger partial charge in [-0.1, -0.05) is 7.43 Å². The second-order valence-electron chi connectivity index (χ2n) is 4.20. The van der Waals surface area contributed by atoms with Crippen LogP contribution >= 0.6 is 13.5 Å². The Hall–Kier alpha value is -0.260. The first-order valence-corrected chi connectivity index (χ1v) is 5.04. The molecule has 0 radical (unpaired) electrons. The molecule has 1 amide bonds. The summed E-state index contributed by atoms with van der Waals surface area (Å²) in [4.78, 5) is 13.5. The van der Waals surface area contributed by atoms with Gasteiger partial charge in [0.2, 0.25) is 5.91 Å². The first kappa shape index (κ1) is 21.1. The lowest BCUT2D eigenvalue weighted by Gasteiger charge is -2.33. The largest absolute Gasteiger partial charge is 0.391 e. The summed E-state index contributed by atoms with van der Waals surface area (Å²) in [5.41, 5.74) is 5.60. The Kier molecular flexibility index (Phi) is 11.6. The van der Waals surface area contributed by atoms with Crippen LogP contribution < -0.4 is 5.73 Å². The number of aliphatic hydroxyl groups excluding tert-OH is 1. The third-order valence-corrected chi connectivity index (χ3v) is 2.17. The Morgan fingerprint density at radius 2 is 1.44 bits per heavy atom. The Balaban J connectivity index is -0.000000845. The normalized spacial score (nSPS) is 13.8. The van der Waals surface area contributed by atoms with E-state index >= 15 is 0 Å². The summed E-state index contributed by atoms with van der Waals surface area (Å²) < 4.78 is 0. The number of hydrogen-bond donors (Lipinski definition) is 2. The number of rotatable bonds is 4. The fourth-order valence-corrected chi connectivity index (χ4v) is 1.48. The van der Waals surface area contributed by atoms with Crippen molar-refractivity contribution < 1.29 is 9.90 Å². The van der Waals surface area contributed by atoms with E-state index in [-0.39, 0.29) is 38.9 Å². The van der Waals surface area contributed by atoms with E-state index in [1.54, 1.807) is 4.90 Å². The number of aliphatic hydroxyl groups is 1. The molecule has 0 aromatic heterocycles. The van der Waals surface area contributed by atoms with Gasteiger partial charge in [-0.25, -0.2) is 0 Å². The smallest absolute Gasteiger partial charge is 0.242 e. The molecule has 0 bridgehead atoms. The van der Waals surface area contributed by atoms with Crippen LogP contribution in [0.4, 0.5) is 0 Å². The summed E-state index contributed by atoms with van der Waals surface area (Å²) in [7, 11) is 0. The van der Waals surface area contributed by atoms with Crippen molar-refractivity contribution in [3.63, 3.8) is 0 Å². The topological polar surface area (TPSA) is 66.6 Å². The highest BCUT2D eigenvalue weighted by Crippen LogP contribution is 2.08. The minimum atomic E-state index is -0.820. The molecule has 100 valence electrons. The van der Waals surface area contributed by atoms with Crippen molar-refractivity contribution in [2.24, 2.45) is 5.73 Å². The number of carbonyl (C=O) groups excluding carboxylic acids is 1. The van der Waals surface area contributed by atoms with Crippen LogP contribution in [-0.2, 0) is 4.79 Å². The Morgan fingerprint density at radius 3 is 1.62 bits per heavy atom. The van der Waals surface area contributed by atoms with E-state index in [0.29, 0.717) is 0 Å². The summed E-state index contributed by atoms with van der Waals surface area (Å²) in [5.74, 6) is -0.190. The Morgan fingerprint density at radius 1 is 1.12 bits per heavy atom. The summed E-state index contributed by atoms with van der Waals surface area (Å²) in [5, 5.41) is 9.23. The first-order chi connectivity index (χ1) is 6.29. The van der Waals surface area contributed by atoms with Crippen LogP contribution in [0.5, 0.6) is 0 Å². The average Bonchev–Trinajstić information content (AvgIpc) is 2.01. The SMILES string of the molecule is C.CC(C)N(C(=O)[C@@H](N)[C@@H](C)O)C(C)C.S. The highest BCUT2D eigenvalue weighted by Gasteiger charge is 2.27. The van der Waals surface area contributed by atoms with Crippen LogP contribution in [0.25, 0.3) is 0 Å². The van der Waals surface area contributed by atoms with Crippen LogP contribution in [0.15, 0.2) is 0 Å². The third kappa shape index (κ3) is 5.72. The van der Waals surface area contributed by atoms with Crippen molar-refractivity contribution in [1.82, 2.24) is 4.90 Å². The van der Waals surface area contributed by atoms with Crippen molar-refractivity contribution in [2.45, 2.75) is 66.3 Å². The molecular formula is C11H28N2O2S. The standard InChI is InChI=1S/C10H22N2O2.CH4.H2S/c1-6(2)12(7(3)4)10(14)9(11)8(5)13;;/h6-9,13H,11H2,1-5H3;1H4;1H2/t8-,9+;;/m1../s1. The molecule has 16 heavy (non-hydrogen) atoms. The predicted molar refractivity (Wildman–Crippen MR) is 73.9 cm³/mol. The second kappa shape index (κ2) is 8.84. The van der Waals surface area contributed by atoms with Crippen molar-refractivity contribution in [3.8, 4) is 0 Å². The molecule has 0 unspecified atom stereocenters. The molecular weight excluding hydrogens is 224 g/mol. The van der Waals surface area contributed by atoms with Crippen LogP contribution in [0.1, 0.15) is 42.0 Å². The van der Waals surface area contributed by atoms with Crippen LogP contribution in [0.3, 0.4) is 0 Å². The van der Waals surface area contributed by atoms with E-state index in [4.69, 9.17) is 5.73 Å². The lowest BCUT2D eigenvalue weighted by atomic mass is 10.1. The van der Waals surface area contributed by atoms with E-state index < -0.39 is 12.1 Å². The third-order valence-electron chi connectivity index (χ3n) is 2.17. The summed E-state index contributed by atoms with van der Waals surface area (Å²) >= 11 is 0. The summed E-state index contributed by atoms with van der Waals surface area (Å²) in [6.45, 7) is 9.28. The molecule has 0 aromatic carbocycles. The molecule has 0 spiro atoms. The molecule has 5 heteroatoms. The lowest BCUT2D eigenvalue weighted by molar-refractivity contribution is -0.138. The molecule has 0 aromatic rings. The quantitative estimate of drug-likeness (QED) is 0.787. The fraction of sp³-hybridized carbons (Fsp3) is 0.909. The number of nitrogens with two attached hydrogens (primary N) is 1. The van der Waals surface area contributed by atoms with Gasteiger partial charge in [0.1, 0.15) is 6.04 Å². The van der Waals surface area contributed by atoms with Crippen molar-refractivity contribution in [3.05, 3.63) is 0 Å². The van der Waals surface area contributed by atoms with E-state index in [1.165, 1.54) is 6.92 Å². The van der Waals surface area contributed by atoms with Crippen LogP contribution in [0.2, 0.25) is 0 Å². The van der Waals surface area contributed by atoms with Gasteiger partial charge in [-0.2, -0.15) is 13.5 Å². The molecule has 3 N–H and O–H groups in total. The van der Waals surface area contributed by atoms with E-state index in [9.17, 15) is 9.90 Å². The zero-order valence-electron chi connectivity index (χ0n) is 10.2. The van der Waals surface area contributed by atoms with Gasteiger partial charge in [-0.15, -0.1) is 0 Å². The first-order valence-electron chi connectivity index (χ1n) is 5.04. The van der Waals surface area contributed by atoms with Gasteiger partial charge in [-0.05, 0) is 34.6 Å². The fourth-order valence-electron chi connectivity index (χ4n) is 1.48. The molecule has 0 saturated heterocycles. The molecule has 0 aliphatic rings. The molecule has 0 aliphatic carbocycles. The maximum absolute atomic E-state index is 11.8. The zero-order chi connectivity index (χ0) is 11.5. The van der Waals surface area contributed by atoms with Crippen molar-refractivity contribution >= 4 is 19.4 Å². The van der Waals surface area contributed by atoms with E-state index in [2.05, 4.69) is 0 Å². The summed E-state index contributed by atoms with van der Waals surface area (Å²) in [6, 6.07) is -0.612. The van der Waals surface area contributed by atoms with Gasteiger partial charge in [0.15, 0.2) is 0 Å². The van der Waals surface area contributed by atoms with E-state index in [0.717, 1.165) is 0 Å². The van der Waals surface area contributed by atoms with Gasteiger partial charge in [0.25, 0.3) is 0 Å². The monoisotopic (exact) mass is 252 g/mol. The molecule has 0 aliphatic heterocycles. The minimum Gasteiger partial charge on any atom is -0.391 e. The molecule has 4 nitrogen and oxygen atoms in total. The second-order valence-corrected chi connectivity index (χ2v) is 4.20. The lowest BCUT2D eigenvalue weighted by Crippen LogP contribution is -2.53. The number of hydrogen-bond acceptors (Lipinski definition) is 3. The van der Waals surface area contributed by atoms with Gasteiger partial charge in [0.05, 0.1) is 6.10 Å². The molecule has 0 heterocycles. The summed E-state index contributed by atoms with van der Waals surface area (Å²) in [6.07, 6.45) is -0.803. The molecule has 0 fully saturated rings. The van der Waals surface area contributed by atoms with Gasteiger partial charge < -0.3 is 15.7 Å². The average molecular weight is 252 g/mol. The molecule has 2 atom stereocenters. The highest BCUT2D eigenvalue weighted by atomic mass is 32.1. The minimum absolute atomic E-state index is 0. The van der Waals surface area contributed by atoms with Gasteiger partial charge in [-0.3, -0.25) is 4.79 Å². The number of nitrogens with zero attached hydrogens (tertiary/aromatic N) is 1. The van der Waals surface area contributed by atoms with E-state index in [1.807, 2.05) is 27.7 Å². The number of amides is 1. The van der Waals surface area contributed by atoms with Crippen molar-refractivity contribution in [1.29, 1.82) is 0 Å². The Labute approximate surface area is 107 Å².